The van der Waals surface area contributed by atoms with Gasteiger partial charge < -0.3 is 15.7 Å². The molecule has 0 aromatic carbocycles. The molecule has 0 aliphatic rings. The lowest BCUT2D eigenvalue weighted by molar-refractivity contribution is 0.0509. The second-order valence-electron chi connectivity index (χ2n) is 3.34. The van der Waals surface area contributed by atoms with Crippen molar-refractivity contribution in [1.29, 1.82) is 0 Å². The van der Waals surface area contributed by atoms with Crippen molar-refractivity contribution >= 4 is 11.7 Å². The van der Waals surface area contributed by atoms with Gasteiger partial charge >= 0.3 is 0 Å². The summed E-state index contributed by atoms with van der Waals surface area (Å²) < 4.78 is 24.5. The molecule has 1 rings (SSSR count). The van der Waals surface area contributed by atoms with Gasteiger partial charge in [-0.15, -0.1) is 0 Å². The molecule has 0 fully saturated rings. The Hall–Kier alpha value is -1.76. The van der Waals surface area contributed by atoms with Gasteiger partial charge in [-0.25, -0.2) is 13.8 Å². The number of hydrogen-bond acceptors (Lipinski definition) is 4. The van der Waals surface area contributed by atoms with Crippen LogP contribution in [-0.4, -0.2) is 47.0 Å². The molecule has 0 spiro atoms. The monoisotopic (exact) mass is 245 g/mol. The van der Waals surface area contributed by atoms with E-state index in [1.165, 1.54) is 18.3 Å². The molecular formula is C10H13F2N3O2. The molecule has 7 heteroatoms. The molecule has 1 aromatic rings. The van der Waals surface area contributed by atoms with E-state index in [-0.39, 0.29) is 24.5 Å². The van der Waals surface area contributed by atoms with Crippen LogP contribution in [0.25, 0.3) is 0 Å². The quantitative estimate of drug-likeness (QED) is 0.785. The SMILES string of the molecule is Nc1ccc(C(=O)N(CCO)CC(F)F)cn1. The Morgan fingerprint density at radius 1 is 1.53 bits per heavy atom. The fourth-order valence-corrected chi connectivity index (χ4v) is 1.28. The van der Waals surface area contributed by atoms with E-state index < -0.39 is 18.9 Å². The third-order valence-corrected chi connectivity index (χ3v) is 2.05. The number of hydrogen-bond donors (Lipinski definition) is 2. The van der Waals surface area contributed by atoms with Crippen LogP contribution in [0.4, 0.5) is 14.6 Å². The molecule has 0 bridgehead atoms. The summed E-state index contributed by atoms with van der Waals surface area (Å²) in [6.07, 6.45) is -1.43. The number of nitrogen functional groups attached to an aromatic ring is 1. The van der Waals surface area contributed by atoms with Crippen molar-refractivity contribution in [3.8, 4) is 0 Å². The van der Waals surface area contributed by atoms with Crippen LogP contribution in [0.5, 0.6) is 0 Å². The predicted octanol–water partition coefficient (Wildman–Crippen LogP) is 0.363. The molecule has 1 amide bonds. The van der Waals surface area contributed by atoms with Gasteiger partial charge in [0.1, 0.15) is 5.82 Å². The first kappa shape index (κ1) is 13.3. The Morgan fingerprint density at radius 2 is 2.24 bits per heavy atom. The zero-order valence-electron chi connectivity index (χ0n) is 9.01. The van der Waals surface area contributed by atoms with Crippen molar-refractivity contribution in [3.63, 3.8) is 0 Å². The van der Waals surface area contributed by atoms with E-state index in [9.17, 15) is 13.6 Å². The molecule has 0 aliphatic heterocycles. The standard InChI is InChI=1S/C10H13F2N3O2/c11-8(12)6-15(3-4-16)10(17)7-1-2-9(13)14-5-7/h1-2,5,8,16H,3-4,6H2,(H2,13,14). The number of nitrogens with zero attached hydrogens (tertiary/aromatic N) is 2. The highest BCUT2D eigenvalue weighted by Crippen LogP contribution is 2.07. The minimum Gasteiger partial charge on any atom is -0.395 e. The fourth-order valence-electron chi connectivity index (χ4n) is 1.28. The van der Waals surface area contributed by atoms with Gasteiger partial charge in [0, 0.05) is 12.7 Å². The Balaban J connectivity index is 2.79. The molecule has 0 radical (unpaired) electrons. The summed E-state index contributed by atoms with van der Waals surface area (Å²) in [6, 6.07) is 2.81. The number of halogens is 2. The normalized spacial score (nSPS) is 10.6. The molecule has 0 atom stereocenters. The number of pyridine rings is 1. The second-order valence-corrected chi connectivity index (χ2v) is 3.34. The summed E-state index contributed by atoms with van der Waals surface area (Å²) in [4.78, 5) is 16.4. The van der Waals surface area contributed by atoms with Crippen molar-refractivity contribution in [1.82, 2.24) is 9.88 Å². The Bertz CT molecular complexity index is 370. The lowest BCUT2D eigenvalue weighted by atomic mass is 10.2. The molecule has 3 N–H and O–H groups in total. The van der Waals surface area contributed by atoms with E-state index in [1.54, 1.807) is 0 Å². The summed E-state index contributed by atoms with van der Waals surface area (Å²) in [7, 11) is 0. The van der Waals surface area contributed by atoms with Crippen LogP contribution >= 0.6 is 0 Å². The van der Waals surface area contributed by atoms with Crippen LogP contribution in [0.15, 0.2) is 18.3 Å². The minimum absolute atomic E-state index is 0.145. The number of alkyl halides is 2. The molecule has 5 nitrogen and oxygen atoms in total. The molecule has 17 heavy (non-hydrogen) atoms. The smallest absolute Gasteiger partial charge is 0.255 e. The first-order valence-corrected chi connectivity index (χ1v) is 4.94. The average molecular weight is 245 g/mol. The van der Waals surface area contributed by atoms with E-state index in [4.69, 9.17) is 10.8 Å². The number of rotatable bonds is 5. The number of aliphatic hydroxyl groups is 1. The topological polar surface area (TPSA) is 79.5 Å². The molecule has 0 saturated heterocycles. The van der Waals surface area contributed by atoms with Crippen LogP contribution in [0, 0.1) is 0 Å². The maximum atomic E-state index is 12.2. The van der Waals surface area contributed by atoms with Crippen LogP contribution in [-0.2, 0) is 0 Å². The third kappa shape index (κ3) is 3.95. The van der Waals surface area contributed by atoms with Crippen molar-refractivity contribution in [2.24, 2.45) is 0 Å². The number of carbonyl (C=O) groups is 1. The number of carbonyl (C=O) groups excluding carboxylic acids is 1. The number of aromatic nitrogens is 1. The maximum absolute atomic E-state index is 12.2. The van der Waals surface area contributed by atoms with Crippen molar-refractivity contribution in [2.45, 2.75) is 6.43 Å². The van der Waals surface area contributed by atoms with Gasteiger partial charge in [-0.05, 0) is 12.1 Å². The number of anilines is 1. The minimum atomic E-state index is -2.65. The maximum Gasteiger partial charge on any atom is 0.255 e. The van der Waals surface area contributed by atoms with Crippen molar-refractivity contribution in [2.75, 3.05) is 25.4 Å². The van der Waals surface area contributed by atoms with Crippen LogP contribution < -0.4 is 5.73 Å². The number of amides is 1. The molecule has 0 unspecified atom stereocenters. The predicted molar refractivity (Wildman–Crippen MR) is 57.6 cm³/mol. The van der Waals surface area contributed by atoms with E-state index in [0.29, 0.717) is 0 Å². The summed E-state index contributed by atoms with van der Waals surface area (Å²) in [5.74, 6) is -0.365. The Kier molecular flexibility index (Phi) is 4.77. The highest BCUT2D eigenvalue weighted by Gasteiger charge is 2.19. The Morgan fingerprint density at radius 3 is 2.71 bits per heavy atom. The zero-order valence-corrected chi connectivity index (χ0v) is 9.01. The van der Waals surface area contributed by atoms with Crippen LogP contribution in [0.2, 0.25) is 0 Å². The van der Waals surface area contributed by atoms with Gasteiger partial charge in [0.25, 0.3) is 12.3 Å². The third-order valence-electron chi connectivity index (χ3n) is 2.05. The van der Waals surface area contributed by atoms with Crippen LogP contribution in [0.1, 0.15) is 10.4 Å². The highest BCUT2D eigenvalue weighted by molar-refractivity contribution is 5.94. The van der Waals surface area contributed by atoms with Gasteiger partial charge in [0.05, 0.1) is 18.7 Å². The largest absolute Gasteiger partial charge is 0.395 e. The Labute approximate surface area is 96.9 Å². The second kappa shape index (κ2) is 6.09. The van der Waals surface area contributed by atoms with E-state index in [0.717, 1.165) is 4.90 Å². The first-order chi connectivity index (χ1) is 8.04. The molecular weight excluding hydrogens is 232 g/mol. The summed E-state index contributed by atoms with van der Waals surface area (Å²) in [5, 5.41) is 8.72. The van der Waals surface area contributed by atoms with Gasteiger partial charge in [-0.2, -0.15) is 0 Å². The number of aliphatic hydroxyl groups excluding tert-OH is 1. The van der Waals surface area contributed by atoms with Gasteiger partial charge in [0.15, 0.2) is 0 Å². The van der Waals surface area contributed by atoms with E-state index in [2.05, 4.69) is 4.98 Å². The summed E-state index contributed by atoms with van der Waals surface area (Å²) in [6.45, 7) is -1.24. The lowest BCUT2D eigenvalue weighted by Crippen LogP contribution is -2.37. The molecule has 0 aliphatic carbocycles. The molecule has 0 saturated carbocycles. The molecule has 94 valence electrons. The lowest BCUT2D eigenvalue weighted by Gasteiger charge is -2.21. The fraction of sp³-hybridized carbons (Fsp3) is 0.400. The average Bonchev–Trinajstić information content (AvgIpc) is 2.28. The van der Waals surface area contributed by atoms with Gasteiger partial charge in [0.2, 0.25) is 0 Å². The van der Waals surface area contributed by atoms with E-state index in [1.807, 2.05) is 0 Å². The molecule has 1 aromatic heterocycles. The summed E-state index contributed by atoms with van der Waals surface area (Å²) >= 11 is 0. The van der Waals surface area contributed by atoms with Crippen molar-refractivity contribution < 1.29 is 18.7 Å². The first-order valence-electron chi connectivity index (χ1n) is 4.94. The van der Waals surface area contributed by atoms with Crippen LogP contribution in [0.3, 0.4) is 0 Å². The van der Waals surface area contributed by atoms with Crippen molar-refractivity contribution in [3.05, 3.63) is 23.9 Å². The molecule has 1 heterocycles. The highest BCUT2D eigenvalue weighted by atomic mass is 19.3. The number of nitrogens with two attached hydrogens (primary N) is 1. The van der Waals surface area contributed by atoms with Gasteiger partial charge in [-0.1, -0.05) is 0 Å². The van der Waals surface area contributed by atoms with Gasteiger partial charge in [-0.3, -0.25) is 4.79 Å². The van der Waals surface area contributed by atoms with E-state index >= 15 is 0 Å². The zero-order chi connectivity index (χ0) is 12.8. The summed E-state index contributed by atoms with van der Waals surface area (Å²) in [5.41, 5.74) is 5.51.